The predicted octanol–water partition coefficient (Wildman–Crippen LogP) is 2.10. The zero-order valence-electron chi connectivity index (χ0n) is 9.94. The summed E-state index contributed by atoms with van der Waals surface area (Å²) in [6, 6.07) is 3.82. The van der Waals surface area contributed by atoms with Crippen LogP contribution in [0.5, 0.6) is 0 Å². The van der Waals surface area contributed by atoms with E-state index < -0.39 is 10.7 Å². The molecule has 1 aromatic carbocycles. The van der Waals surface area contributed by atoms with Gasteiger partial charge in [-0.05, 0) is 19.7 Å². The van der Waals surface area contributed by atoms with Crippen molar-refractivity contribution >= 4 is 11.4 Å². The highest BCUT2D eigenvalue weighted by Gasteiger charge is 2.16. The Balaban J connectivity index is 2.72. The number of nitrogens with one attached hydrogen (secondary N) is 1. The minimum absolute atomic E-state index is 0.0398. The summed E-state index contributed by atoms with van der Waals surface area (Å²) in [5, 5.41) is 13.5. The SMILES string of the molecule is CCN(C)CCNc1c(F)cccc1[N+](=O)[O-]. The van der Waals surface area contributed by atoms with Crippen molar-refractivity contribution in [2.24, 2.45) is 0 Å². The second-order valence-electron chi connectivity index (χ2n) is 3.71. The molecule has 0 heterocycles. The Morgan fingerprint density at radius 3 is 2.82 bits per heavy atom. The van der Waals surface area contributed by atoms with Crippen molar-refractivity contribution in [3.63, 3.8) is 0 Å². The Bertz CT molecular complexity index is 398. The van der Waals surface area contributed by atoms with E-state index >= 15 is 0 Å². The molecule has 0 radical (unpaired) electrons. The molecule has 6 heteroatoms. The zero-order chi connectivity index (χ0) is 12.8. The fourth-order valence-electron chi connectivity index (χ4n) is 1.37. The monoisotopic (exact) mass is 241 g/mol. The van der Waals surface area contributed by atoms with Gasteiger partial charge >= 0.3 is 0 Å². The van der Waals surface area contributed by atoms with E-state index in [1.807, 2.05) is 18.9 Å². The number of halogens is 1. The molecule has 0 fully saturated rings. The number of para-hydroxylation sites is 1. The zero-order valence-corrected chi connectivity index (χ0v) is 9.94. The molecule has 17 heavy (non-hydrogen) atoms. The number of anilines is 1. The third kappa shape index (κ3) is 3.67. The van der Waals surface area contributed by atoms with Crippen LogP contribution in [0.15, 0.2) is 18.2 Å². The first-order valence-corrected chi connectivity index (χ1v) is 5.41. The van der Waals surface area contributed by atoms with E-state index in [2.05, 4.69) is 5.32 Å². The van der Waals surface area contributed by atoms with E-state index in [0.29, 0.717) is 13.1 Å². The topological polar surface area (TPSA) is 58.4 Å². The fraction of sp³-hybridized carbons (Fsp3) is 0.455. The van der Waals surface area contributed by atoms with Crippen LogP contribution in [-0.4, -0.2) is 36.5 Å². The molecule has 0 amide bonds. The second kappa shape index (κ2) is 6.15. The molecule has 0 aliphatic heterocycles. The van der Waals surface area contributed by atoms with Crippen LogP contribution in [0.3, 0.4) is 0 Å². The molecule has 0 saturated carbocycles. The Labute approximate surface area is 99.4 Å². The van der Waals surface area contributed by atoms with Crippen molar-refractivity contribution in [3.05, 3.63) is 34.1 Å². The Morgan fingerprint density at radius 1 is 1.53 bits per heavy atom. The van der Waals surface area contributed by atoms with Gasteiger partial charge in [0.15, 0.2) is 5.82 Å². The average Bonchev–Trinajstić information content (AvgIpc) is 2.30. The van der Waals surface area contributed by atoms with E-state index in [9.17, 15) is 14.5 Å². The van der Waals surface area contributed by atoms with Crippen molar-refractivity contribution in [3.8, 4) is 0 Å². The molecule has 1 aromatic rings. The smallest absolute Gasteiger partial charge is 0.295 e. The van der Waals surface area contributed by atoms with Gasteiger partial charge < -0.3 is 10.2 Å². The summed E-state index contributed by atoms with van der Waals surface area (Å²) in [6.45, 7) is 4.04. The van der Waals surface area contributed by atoms with Crippen molar-refractivity contribution in [2.45, 2.75) is 6.92 Å². The normalized spacial score (nSPS) is 10.6. The van der Waals surface area contributed by atoms with Gasteiger partial charge in [0.2, 0.25) is 0 Å². The molecule has 0 aliphatic rings. The van der Waals surface area contributed by atoms with Gasteiger partial charge in [-0.2, -0.15) is 0 Å². The molecule has 0 aromatic heterocycles. The van der Waals surface area contributed by atoms with Gasteiger partial charge in [0.25, 0.3) is 5.69 Å². The summed E-state index contributed by atoms with van der Waals surface area (Å²) in [4.78, 5) is 12.2. The third-order valence-corrected chi connectivity index (χ3v) is 2.52. The highest BCUT2D eigenvalue weighted by atomic mass is 19.1. The van der Waals surface area contributed by atoms with E-state index in [4.69, 9.17) is 0 Å². The number of nitro groups is 1. The van der Waals surface area contributed by atoms with Crippen LogP contribution in [0, 0.1) is 15.9 Å². The molecular weight excluding hydrogens is 225 g/mol. The van der Waals surface area contributed by atoms with Gasteiger partial charge in [0.05, 0.1) is 4.92 Å². The lowest BCUT2D eigenvalue weighted by molar-refractivity contribution is -0.384. The molecular formula is C11H16FN3O2. The maximum atomic E-state index is 13.4. The average molecular weight is 241 g/mol. The van der Waals surface area contributed by atoms with Gasteiger partial charge in [-0.3, -0.25) is 10.1 Å². The van der Waals surface area contributed by atoms with Gasteiger partial charge in [-0.1, -0.05) is 13.0 Å². The van der Waals surface area contributed by atoms with E-state index in [1.165, 1.54) is 18.2 Å². The van der Waals surface area contributed by atoms with Crippen molar-refractivity contribution < 1.29 is 9.31 Å². The van der Waals surface area contributed by atoms with Crippen molar-refractivity contribution in [1.29, 1.82) is 0 Å². The first-order chi connectivity index (χ1) is 8.06. The lowest BCUT2D eigenvalue weighted by Gasteiger charge is -2.14. The fourth-order valence-corrected chi connectivity index (χ4v) is 1.37. The van der Waals surface area contributed by atoms with Gasteiger partial charge in [0.1, 0.15) is 5.69 Å². The van der Waals surface area contributed by atoms with Crippen LogP contribution in [0.4, 0.5) is 15.8 Å². The number of benzene rings is 1. The second-order valence-corrected chi connectivity index (χ2v) is 3.71. The number of likely N-dealkylation sites (N-methyl/N-ethyl adjacent to an activating group) is 1. The summed E-state index contributed by atoms with van der Waals surface area (Å²) in [5.41, 5.74) is -0.272. The van der Waals surface area contributed by atoms with Gasteiger partial charge in [-0.25, -0.2) is 4.39 Å². The number of nitro benzene ring substituents is 1. The molecule has 1 rings (SSSR count). The Morgan fingerprint density at radius 2 is 2.24 bits per heavy atom. The molecule has 0 unspecified atom stereocenters. The van der Waals surface area contributed by atoms with Gasteiger partial charge in [0, 0.05) is 19.2 Å². The minimum Gasteiger partial charge on any atom is -0.376 e. The van der Waals surface area contributed by atoms with Crippen LogP contribution in [0.25, 0.3) is 0 Å². The Hall–Kier alpha value is -1.69. The van der Waals surface area contributed by atoms with Crippen LogP contribution in [0.1, 0.15) is 6.92 Å². The third-order valence-electron chi connectivity index (χ3n) is 2.52. The first-order valence-electron chi connectivity index (χ1n) is 5.41. The number of nitrogens with zero attached hydrogens (tertiary/aromatic N) is 2. The largest absolute Gasteiger partial charge is 0.376 e. The number of hydrogen-bond acceptors (Lipinski definition) is 4. The molecule has 0 aliphatic carbocycles. The van der Waals surface area contributed by atoms with Crippen molar-refractivity contribution in [1.82, 2.24) is 4.90 Å². The van der Waals surface area contributed by atoms with Crippen molar-refractivity contribution in [2.75, 3.05) is 32.0 Å². The molecule has 5 nitrogen and oxygen atoms in total. The van der Waals surface area contributed by atoms with Gasteiger partial charge in [-0.15, -0.1) is 0 Å². The lowest BCUT2D eigenvalue weighted by Crippen LogP contribution is -2.25. The highest BCUT2D eigenvalue weighted by molar-refractivity contribution is 5.62. The van der Waals surface area contributed by atoms with E-state index in [-0.39, 0.29) is 11.4 Å². The quantitative estimate of drug-likeness (QED) is 0.612. The van der Waals surface area contributed by atoms with Crippen LogP contribution < -0.4 is 5.32 Å². The summed E-state index contributed by atoms with van der Waals surface area (Å²) < 4.78 is 13.4. The Kier molecular flexibility index (Phi) is 4.84. The summed E-state index contributed by atoms with van der Waals surface area (Å²) in [5.74, 6) is -0.599. The van der Waals surface area contributed by atoms with E-state index in [1.54, 1.807) is 0 Å². The minimum atomic E-state index is -0.599. The van der Waals surface area contributed by atoms with Crippen LogP contribution in [0.2, 0.25) is 0 Å². The summed E-state index contributed by atoms with van der Waals surface area (Å²) >= 11 is 0. The first kappa shape index (κ1) is 13.4. The molecule has 0 bridgehead atoms. The molecule has 0 atom stereocenters. The molecule has 1 N–H and O–H groups in total. The summed E-state index contributed by atoms with van der Waals surface area (Å²) in [7, 11) is 1.93. The van der Waals surface area contributed by atoms with Crippen LogP contribution >= 0.6 is 0 Å². The number of hydrogen-bond donors (Lipinski definition) is 1. The maximum absolute atomic E-state index is 13.4. The van der Waals surface area contributed by atoms with Crippen LogP contribution in [-0.2, 0) is 0 Å². The predicted molar refractivity (Wildman–Crippen MR) is 64.7 cm³/mol. The number of rotatable bonds is 6. The van der Waals surface area contributed by atoms with E-state index in [0.717, 1.165) is 6.54 Å². The molecule has 0 saturated heterocycles. The molecule has 0 spiro atoms. The standard InChI is InChI=1S/C11H16FN3O2/c1-3-14(2)8-7-13-11-9(12)5-4-6-10(11)15(16)17/h4-6,13H,3,7-8H2,1-2H3. The summed E-state index contributed by atoms with van der Waals surface area (Å²) in [6.07, 6.45) is 0. The molecule has 94 valence electrons. The lowest BCUT2D eigenvalue weighted by atomic mass is 10.2. The highest BCUT2D eigenvalue weighted by Crippen LogP contribution is 2.26. The maximum Gasteiger partial charge on any atom is 0.295 e.